The molecule has 1 aliphatic heterocycles. The molecule has 0 bridgehead atoms. The van der Waals surface area contributed by atoms with Gasteiger partial charge in [-0.1, -0.05) is 103 Å². The van der Waals surface area contributed by atoms with Gasteiger partial charge in [0.25, 0.3) is 0 Å². The molecule has 0 aromatic heterocycles. The Bertz CT molecular complexity index is 1590. The van der Waals surface area contributed by atoms with Crippen LogP contribution in [0.25, 0.3) is 0 Å². The van der Waals surface area contributed by atoms with Crippen LogP contribution >= 0.6 is 0 Å². The van der Waals surface area contributed by atoms with Gasteiger partial charge in [-0.05, 0) is 72.1 Å². The van der Waals surface area contributed by atoms with Gasteiger partial charge in [-0.2, -0.15) is 0 Å². The molecular weight excluding hydrogens is 628 g/mol. The van der Waals surface area contributed by atoms with Crippen LogP contribution < -0.4 is 0 Å². The smallest absolute Gasteiger partial charge is 0.198 e. The summed E-state index contributed by atoms with van der Waals surface area (Å²) in [6, 6.07) is 34.8. The molecule has 0 unspecified atom stereocenters. The normalized spacial score (nSPS) is 20.1. The summed E-state index contributed by atoms with van der Waals surface area (Å²) in [5.41, 5.74) is 6.05. The predicted octanol–water partition coefficient (Wildman–Crippen LogP) is 7.22. The van der Waals surface area contributed by atoms with Crippen molar-refractivity contribution in [3.63, 3.8) is 0 Å². The van der Waals surface area contributed by atoms with Crippen LogP contribution in [0, 0.1) is 6.92 Å². The van der Waals surface area contributed by atoms with E-state index in [0.717, 1.165) is 60.1 Å². The van der Waals surface area contributed by atoms with Crippen LogP contribution in [0.15, 0.2) is 116 Å². The molecule has 3 atom stereocenters. The predicted molar refractivity (Wildman–Crippen MR) is 196 cm³/mol. The van der Waals surface area contributed by atoms with Gasteiger partial charge in [0.1, 0.15) is 11.7 Å². The van der Waals surface area contributed by atoms with Gasteiger partial charge in [0.05, 0.1) is 39.1 Å². The van der Waals surface area contributed by atoms with E-state index in [1.165, 1.54) is 11.1 Å². The highest BCUT2D eigenvalue weighted by atomic mass is 16.7. The molecule has 1 heterocycles. The number of unbranched alkanes of at least 4 members (excludes halogenated alkanes) is 1. The Morgan fingerprint density at radius 1 is 0.800 bits per heavy atom. The van der Waals surface area contributed by atoms with E-state index in [0.29, 0.717) is 13.2 Å². The molecule has 7 heteroatoms. The second-order valence-corrected chi connectivity index (χ2v) is 13.2. The zero-order chi connectivity index (χ0) is 35.2. The third-order valence-electron chi connectivity index (χ3n) is 9.58. The molecule has 1 aliphatic rings. The lowest BCUT2D eigenvalue weighted by Gasteiger charge is -2.53. The fourth-order valence-corrected chi connectivity index (χ4v) is 6.64. The van der Waals surface area contributed by atoms with Gasteiger partial charge in [0.15, 0.2) is 5.79 Å². The summed E-state index contributed by atoms with van der Waals surface area (Å²) in [6.45, 7) is 6.75. The lowest BCUT2D eigenvalue weighted by Crippen LogP contribution is -2.66. The summed E-state index contributed by atoms with van der Waals surface area (Å²) in [6.07, 6.45) is 4.54. The Morgan fingerprint density at radius 3 is 2.06 bits per heavy atom. The third-order valence-corrected chi connectivity index (χ3v) is 9.58. The lowest BCUT2D eigenvalue weighted by atomic mass is 9.82. The number of aryl methyl sites for hydroxylation is 2. The van der Waals surface area contributed by atoms with Crippen molar-refractivity contribution in [3.8, 4) is 0 Å². The summed E-state index contributed by atoms with van der Waals surface area (Å²) >= 11 is 0. The summed E-state index contributed by atoms with van der Waals surface area (Å²) in [7, 11) is 1.60. The highest BCUT2D eigenvalue weighted by molar-refractivity contribution is 5.38. The minimum Gasteiger partial charge on any atom is -0.393 e. The Balaban J connectivity index is 1.38. The lowest BCUT2D eigenvalue weighted by molar-refractivity contribution is -0.377. The summed E-state index contributed by atoms with van der Waals surface area (Å²) in [5, 5.41) is 21.8. The molecule has 2 N–H and O–H groups in total. The van der Waals surface area contributed by atoms with Gasteiger partial charge < -0.3 is 33.9 Å². The second kappa shape index (κ2) is 18.5. The van der Waals surface area contributed by atoms with Crippen molar-refractivity contribution in [1.29, 1.82) is 0 Å². The van der Waals surface area contributed by atoms with E-state index in [2.05, 4.69) is 49.9 Å². The number of hydrogen-bond acceptors (Lipinski definition) is 7. The first-order chi connectivity index (χ1) is 24.4. The average Bonchev–Trinajstić information content (AvgIpc) is 3.16. The first-order valence-corrected chi connectivity index (χ1v) is 17.6. The number of ether oxygens (including phenoxy) is 5. The standard InChI is InChI=1S/C43H52O7/c1-4-24-47-25-12-11-13-34-19-21-35(22-20-34)26-38-27-39(23-18-33(38)2)43(46-3)28-40(48-29-36-14-7-5-8-15-36)41(42(31-44,32-45)50-43)49-30-37-16-9-6-10-17-37/h4-10,14-23,27,40-41,44-45H,1,11-13,24-26,28-32H2,2-3H3/t40-,41+,43-/m1/s1. The molecule has 4 aromatic rings. The van der Waals surface area contributed by atoms with E-state index in [4.69, 9.17) is 23.7 Å². The van der Waals surface area contributed by atoms with Crippen LogP contribution in [0.1, 0.15) is 58.2 Å². The van der Waals surface area contributed by atoms with Crippen molar-refractivity contribution in [2.75, 3.05) is 33.5 Å². The van der Waals surface area contributed by atoms with Gasteiger partial charge in [0.2, 0.25) is 0 Å². The first-order valence-electron chi connectivity index (χ1n) is 17.6. The van der Waals surface area contributed by atoms with Crippen molar-refractivity contribution < 1.29 is 33.9 Å². The van der Waals surface area contributed by atoms with E-state index in [9.17, 15) is 10.2 Å². The zero-order valence-corrected chi connectivity index (χ0v) is 29.5. The monoisotopic (exact) mass is 680 g/mol. The van der Waals surface area contributed by atoms with E-state index in [1.54, 1.807) is 13.2 Å². The Labute approximate surface area is 297 Å². The van der Waals surface area contributed by atoms with Crippen LogP contribution in [0.2, 0.25) is 0 Å². The maximum Gasteiger partial charge on any atom is 0.198 e. The maximum atomic E-state index is 10.9. The number of aliphatic hydroxyl groups excluding tert-OH is 2. The number of methoxy groups -OCH3 is 1. The zero-order valence-electron chi connectivity index (χ0n) is 29.5. The van der Waals surface area contributed by atoms with Gasteiger partial charge in [0, 0.05) is 25.7 Å². The molecule has 5 rings (SSSR count). The van der Waals surface area contributed by atoms with E-state index in [1.807, 2.05) is 66.7 Å². The number of hydrogen-bond donors (Lipinski definition) is 2. The Kier molecular flexibility index (Phi) is 13.9. The molecule has 0 aliphatic carbocycles. The average molecular weight is 681 g/mol. The molecule has 0 saturated carbocycles. The molecule has 4 aromatic carbocycles. The molecule has 266 valence electrons. The largest absolute Gasteiger partial charge is 0.393 e. The Hall–Kier alpha value is -3.66. The van der Waals surface area contributed by atoms with Crippen LogP contribution in [-0.2, 0) is 55.5 Å². The van der Waals surface area contributed by atoms with E-state index >= 15 is 0 Å². The van der Waals surface area contributed by atoms with Gasteiger partial charge in [-0.3, -0.25) is 0 Å². The fraction of sp³-hybridized carbons (Fsp3) is 0.395. The van der Waals surface area contributed by atoms with E-state index < -0.39 is 36.8 Å². The van der Waals surface area contributed by atoms with Crippen molar-refractivity contribution in [1.82, 2.24) is 0 Å². The quantitative estimate of drug-likeness (QED) is 0.0799. The molecule has 1 saturated heterocycles. The second-order valence-electron chi connectivity index (χ2n) is 13.2. The van der Waals surface area contributed by atoms with Gasteiger partial charge in [-0.15, -0.1) is 6.58 Å². The van der Waals surface area contributed by atoms with Crippen molar-refractivity contribution in [2.24, 2.45) is 0 Å². The van der Waals surface area contributed by atoms with Crippen molar-refractivity contribution in [2.45, 2.75) is 75.8 Å². The highest BCUT2D eigenvalue weighted by Crippen LogP contribution is 2.46. The van der Waals surface area contributed by atoms with Gasteiger partial charge in [-0.25, -0.2) is 0 Å². The minimum atomic E-state index is -1.51. The molecule has 0 spiro atoms. The minimum absolute atomic E-state index is 0.263. The van der Waals surface area contributed by atoms with Crippen LogP contribution in [0.3, 0.4) is 0 Å². The van der Waals surface area contributed by atoms with Gasteiger partial charge >= 0.3 is 0 Å². The molecule has 1 fully saturated rings. The SMILES string of the molecule is C=CCOCCCCc1ccc(Cc2cc([C@@]3(OC)C[C@@H](OCc4ccccc4)[C@H](OCc4ccccc4)C(CO)(CO)O3)ccc2C)cc1. The van der Waals surface area contributed by atoms with Crippen molar-refractivity contribution >= 4 is 0 Å². The van der Waals surface area contributed by atoms with Crippen LogP contribution in [0.5, 0.6) is 0 Å². The molecule has 50 heavy (non-hydrogen) atoms. The third kappa shape index (κ3) is 9.56. The van der Waals surface area contributed by atoms with Crippen molar-refractivity contribution in [3.05, 3.63) is 155 Å². The summed E-state index contributed by atoms with van der Waals surface area (Å²) in [5.74, 6) is -1.32. The number of benzene rings is 4. The fourth-order valence-electron chi connectivity index (χ4n) is 6.64. The van der Waals surface area contributed by atoms with Crippen LogP contribution in [0.4, 0.5) is 0 Å². The summed E-state index contributed by atoms with van der Waals surface area (Å²) in [4.78, 5) is 0. The molecule has 0 radical (unpaired) electrons. The highest BCUT2D eigenvalue weighted by Gasteiger charge is 2.58. The first kappa shape index (κ1) is 37.6. The topological polar surface area (TPSA) is 86.6 Å². The number of rotatable bonds is 19. The molecule has 0 amide bonds. The van der Waals surface area contributed by atoms with Crippen LogP contribution in [-0.4, -0.2) is 61.6 Å². The number of aliphatic hydroxyl groups is 2. The molecule has 7 nitrogen and oxygen atoms in total. The summed E-state index contributed by atoms with van der Waals surface area (Å²) < 4.78 is 31.6. The molecular formula is C43H52O7. The Morgan fingerprint density at radius 2 is 1.44 bits per heavy atom. The van der Waals surface area contributed by atoms with E-state index in [-0.39, 0.29) is 13.0 Å². The maximum absolute atomic E-state index is 10.9.